The van der Waals surface area contributed by atoms with E-state index in [-0.39, 0.29) is 12.0 Å². The van der Waals surface area contributed by atoms with Crippen LogP contribution in [-0.4, -0.2) is 34.5 Å². The van der Waals surface area contributed by atoms with E-state index < -0.39 is 10.1 Å². The van der Waals surface area contributed by atoms with E-state index in [1.165, 1.54) is 5.56 Å². The summed E-state index contributed by atoms with van der Waals surface area (Å²) in [6, 6.07) is 10.0. The van der Waals surface area contributed by atoms with Crippen LogP contribution in [0, 0.1) is 0 Å². The molecule has 0 aromatic heterocycles. The van der Waals surface area contributed by atoms with Gasteiger partial charge in [-0.05, 0) is 12.0 Å². The molecule has 1 aliphatic rings. The minimum Gasteiger partial charge on any atom is -0.379 e. The van der Waals surface area contributed by atoms with Crippen LogP contribution in [0.1, 0.15) is 12.0 Å². The quantitative estimate of drug-likeness (QED) is 0.746. The molecular weight excluding hydrogens is 240 g/mol. The van der Waals surface area contributed by atoms with Crippen LogP contribution in [0.4, 0.5) is 0 Å². The summed E-state index contributed by atoms with van der Waals surface area (Å²) in [5.74, 6) is 0. The SMILES string of the molecule is CS(=O)(=O)OCCC1(c2ccccc2)COC1. The van der Waals surface area contributed by atoms with Crippen molar-refractivity contribution in [1.29, 1.82) is 0 Å². The van der Waals surface area contributed by atoms with E-state index in [1.807, 2.05) is 30.3 Å². The van der Waals surface area contributed by atoms with Gasteiger partial charge in [-0.2, -0.15) is 8.42 Å². The largest absolute Gasteiger partial charge is 0.379 e. The highest BCUT2D eigenvalue weighted by Gasteiger charge is 2.39. The normalized spacial score (nSPS) is 18.6. The molecule has 0 amide bonds. The maximum Gasteiger partial charge on any atom is 0.264 e. The maximum atomic E-state index is 10.9. The second-order valence-electron chi connectivity index (χ2n) is 4.42. The number of rotatable bonds is 5. The van der Waals surface area contributed by atoms with Gasteiger partial charge < -0.3 is 4.74 Å². The molecule has 1 saturated heterocycles. The van der Waals surface area contributed by atoms with E-state index in [4.69, 9.17) is 8.92 Å². The van der Waals surface area contributed by atoms with Crippen molar-refractivity contribution in [2.24, 2.45) is 0 Å². The molecular formula is C12H16O4S. The Balaban J connectivity index is 2.01. The Labute approximate surface area is 102 Å². The van der Waals surface area contributed by atoms with Gasteiger partial charge in [0.15, 0.2) is 0 Å². The monoisotopic (exact) mass is 256 g/mol. The lowest BCUT2D eigenvalue weighted by Crippen LogP contribution is -2.47. The topological polar surface area (TPSA) is 52.6 Å². The predicted octanol–water partition coefficient (Wildman–Crippen LogP) is 1.32. The standard InChI is InChI=1S/C12H16O4S/c1-17(13,14)16-8-7-12(9-15-10-12)11-5-3-2-4-6-11/h2-6H,7-10H2,1H3. The molecule has 0 radical (unpaired) electrons. The Morgan fingerprint density at radius 1 is 1.29 bits per heavy atom. The summed E-state index contributed by atoms with van der Waals surface area (Å²) in [5.41, 5.74) is 1.11. The predicted molar refractivity (Wildman–Crippen MR) is 64.4 cm³/mol. The molecule has 1 fully saturated rings. The van der Waals surface area contributed by atoms with Gasteiger partial charge in [-0.25, -0.2) is 0 Å². The van der Waals surface area contributed by atoms with Gasteiger partial charge >= 0.3 is 0 Å². The zero-order valence-corrected chi connectivity index (χ0v) is 10.6. The summed E-state index contributed by atoms with van der Waals surface area (Å²) in [7, 11) is -3.35. The molecule has 0 bridgehead atoms. The first kappa shape index (κ1) is 12.5. The Hall–Kier alpha value is -0.910. The molecule has 1 aromatic rings. The fourth-order valence-electron chi connectivity index (χ4n) is 1.98. The molecule has 1 heterocycles. The molecule has 17 heavy (non-hydrogen) atoms. The summed E-state index contributed by atoms with van der Waals surface area (Å²) in [6.07, 6.45) is 1.73. The minimum atomic E-state index is -3.35. The van der Waals surface area contributed by atoms with Gasteiger partial charge in [0.05, 0.1) is 26.1 Å². The molecule has 0 unspecified atom stereocenters. The average molecular weight is 256 g/mol. The molecule has 5 heteroatoms. The van der Waals surface area contributed by atoms with Crippen molar-refractivity contribution in [1.82, 2.24) is 0 Å². The molecule has 94 valence electrons. The van der Waals surface area contributed by atoms with E-state index in [0.717, 1.165) is 6.26 Å². The van der Waals surface area contributed by atoms with Crippen molar-refractivity contribution in [3.8, 4) is 0 Å². The summed E-state index contributed by atoms with van der Waals surface area (Å²) < 4.78 is 31.9. The molecule has 2 rings (SSSR count). The first-order chi connectivity index (χ1) is 8.02. The first-order valence-electron chi connectivity index (χ1n) is 5.50. The van der Waals surface area contributed by atoms with E-state index in [1.54, 1.807) is 0 Å². The smallest absolute Gasteiger partial charge is 0.264 e. The second kappa shape index (κ2) is 4.76. The maximum absolute atomic E-state index is 10.9. The lowest BCUT2D eigenvalue weighted by atomic mass is 9.76. The molecule has 0 spiro atoms. The number of hydrogen-bond donors (Lipinski definition) is 0. The van der Waals surface area contributed by atoms with Crippen molar-refractivity contribution >= 4 is 10.1 Å². The first-order valence-corrected chi connectivity index (χ1v) is 7.31. The third-order valence-corrected chi connectivity index (χ3v) is 3.62. The third-order valence-electron chi connectivity index (χ3n) is 3.02. The lowest BCUT2D eigenvalue weighted by Gasteiger charge is -2.42. The van der Waals surface area contributed by atoms with Crippen LogP contribution in [0.5, 0.6) is 0 Å². The molecule has 0 N–H and O–H groups in total. The zero-order chi connectivity index (χ0) is 12.4. The van der Waals surface area contributed by atoms with Gasteiger partial charge in [0.2, 0.25) is 0 Å². The van der Waals surface area contributed by atoms with Crippen molar-refractivity contribution in [3.05, 3.63) is 35.9 Å². The van der Waals surface area contributed by atoms with Crippen molar-refractivity contribution in [3.63, 3.8) is 0 Å². The molecule has 0 atom stereocenters. The second-order valence-corrected chi connectivity index (χ2v) is 6.06. The van der Waals surface area contributed by atoms with E-state index in [2.05, 4.69) is 0 Å². The minimum absolute atomic E-state index is 0.0774. The van der Waals surface area contributed by atoms with Crippen LogP contribution in [0.2, 0.25) is 0 Å². The summed E-state index contributed by atoms with van der Waals surface area (Å²) >= 11 is 0. The van der Waals surface area contributed by atoms with Crippen LogP contribution in [0.3, 0.4) is 0 Å². The van der Waals surface area contributed by atoms with Crippen LogP contribution >= 0.6 is 0 Å². The van der Waals surface area contributed by atoms with E-state index >= 15 is 0 Å². The molecule has 1 aliphatic heterocycles. The summed E-state index contributed by atoms with van der Waals surface area (Å²) in [5, 5.41) is 0. The van der Waals surface area contributed by atoms with E-state index in [0.29, 0.717) is 19.6 Å². The number of benzene rings is 1. The van der Waals surface area contributed by atoms with Gasteiger partial charge in [-0.15, -0.1) is 0 Å². The number of ether oxygens (including phenoxy) is 1. The highest BCUT2D eigenvalue weighted by molar-refractivity contribution is 7.85. The van der Waals surface area contributed by atoms with Gasteiger partial charge in [0, 0.05) is 5.41 Å². The Bertz CT molecular complexity index is 463. The Kier molecular flexibility index (Phi) is 3.51. The fraction of sp³-hybridized carbons (Fsp3) is 0.500. The van der Waals surface area contributed by atoms with Crippen LogP contribution in [0.25, 0.3) is 0 Å². The zero-order valence-electron chi connectivity index (χ0n) is 9.76. The summed E-state index contributed by atoms with van der Waals surface area (Å²) in [4.78, 5) is 0. The van der Waals surface area contributed by atoms with Crippen molar-refractivity contribution < 1.29 is 17.3 Å². The highest BCUT2D eigenvalue weighted by Crippen LogP contribution is 2.35. The molecule has 0 saturated carbocycles. The third kappa shape index (κ3) is 3.06. The Morgan fingerprint density at radius 3 is 2.41 bits per heavy atom. The summed E-state index contributed by atoms with van der Waals surface area (Å²) in [6.45, 7) is 1.46. The lowest BCUT2D eigenvalue weighted by molar-refractivity contribution is -0.0686. The van der Waals surface area contributed by atoms with Crippen LogP contribution < -0.4 is 0 Å². The van der Waals surface area contributed by atoms with E-state index in [9.17, 15) is 8.42 Å². The van der Waals surface area contributed by atoms with Gasteiger partial charge in [0.25, 0.3) is 10.1 Å². The highest BCUT2D eigenvalue weighted by atomic mass is 32.2. The average Bonchev–Trinajstić information content (AvgIpc) is 2.22. The Morgan fingerprint density at radius 2 is 1.94 bits per heavy atom. The van der Waals surface area contributed by atoms with Crippen molar-refractivity contribution in [2.75, 3.05) is 26.1 Å². The molecule has 0 aliphatic carbocycles. The molecule has 4 nitrogen and oxygen atoms in total. The van der Waals surface area contributed by atoms with Crippen molar-refractivity contribution in [2.45, 2.75) is 11.8 Å². The fourth-order valence-corrected chi connectivity index (χ4v) is 2.37. The van der Waals surface area contributed by atoms with Crippen LogP contribution in [-0.2, 0) is 24.5 Å². The van der Waals surface area contributed by atoms with Gasteiger partial charge in [-0.3, -0.25) is 4.18 Å². The van der Waals surface area contributed by atoms with Gasteiger partial charge in [-0.1, -0.05) is 30.3 Å². The van der Waals surface area contributed by atoms with Crippen LogP contribution in [0.15, 0.2) is 30.3 Å². The van der Waals surface area contributed by atoms with Gasteiger partial charge in [0.1, 0.15) is 0 Å². The molecule has 1 aromatic carbocycles. The number of hydrogen-bond acceptors (Lipinski definition) is 4.